The number of sulfonamides is 1. The largest absolute Gasteiger partial charge is 0.296 e. The predicted octanol–water partition coefficient (Wildman–Crippen LogP) is 2.89. The number of amides is 1. The highest BCUT2D eigenvalue weighted by Crippen LogP contribution is 2.24. The van der Waals surface area contributed by atoms with E-state index in [0.29, 0.717) is 11.0 Å². The topological polar surface area (TPSA) is 92.3 Å². The number of carbonyl (C=O) groups excluding carboxylic acids is 1. The molecule has 0 atom stereocenters. The van der Waals surface area contributed by atoms with Crippen molar-refractivity contribution >= 4 is 44.0 Å². The number of aromatic nitrogens is 2. The number of benzene rings is 1. The van der Waals surface area contributed by atoms with Gasteiger partial charge in [0.2, 0.25) is 15.2 Å². The van der Waals surface area contributed by atoms with Crippen LogP contribution in [0.4, 0.5) is 5.13 Å². The molecule has 1 aromatic carbocycles. The molecule has 0 saturated heterocycles. The van der Waals surface area contributed by atoms with E-state index in [-0.39, 0.29) is 15.5 Å². The van der Waals surface area contributed by atoms with Crippen LogP contribution >= 0.6 is 22.9 Å². The highest BCUT2D eigenvalue weighted by atomic mass is 35.5. The highest BCUT2D eigenvalue weighted by molar-refractivity contribution is 7.89. The molecule has 0 fully saturated rings. The van der Waals surface area contributed by atoms with Gasteiger partial charge in [-0.15, -0.1) is 10.2 Å². The van der Waals surface area contributed by atoms with Crippen LogP contribution in [0.25, 0.3) is 0 Å². The number of carbonyl (C=O) groups is 1. The molecule has 0 bridgehead atoms. The monoisotopic (exact) mass is 402 g/mol. The summed E-state index contributed by atoms with van der Waals surface area (Å²) in [7, 11) is -0.827. The minimum absolute atomic E-state index is 0.00943. The normalized spacial score (nSPS) is 12.0. The van der Waals surface area contributed by atoms with Crippen LogP contribution in [0, 0.1) is 5.92 Å². The Morgan fingerprint density at radius 2 is 2.00 bits per heavy atom. The van der Waals surface area contributed by atoms with Crippen LogP contribution in [0.1, 0.15) is 29.2 Å². The van der Waals surface area contributed by atoms with E-state index in [0.717, 1.165) is 15.7 Å². The Balaban J connectivity index is 2.26. The maximum atomic E-state index is 12.5. The first-order chi connectivity index (χ1) is 11.6. The van der Waals surface area contributed by atoms with Crippen molar-refractivity contribution in [3.8, 4) is 0 Å². The van der Waals surface area contributed by atoms with E-state index in [4.69, 9.17) is 11.6 Å². The lowest BCUT2D eigenvalue weighted by molar-refractivity contribution is 0.102. The van der Waals surface area contributed by atoms with Crippen molar-refractivity contribution in [2.24, 2.45) is 5.92 Å². The van der Waals surface area contributed by atoms with Gasteiger partial charge >= 0.3 is 0 Å². The second-order valence-electron chi connectivity index (χ2n) is 5.98. The quantitative estimate of drug-likeness (QED) is 0.801. The standard InChI is InChI=1S/C15H19ClN4O3S2/c1-9(2)7-13-18-19-15(24-13)17-14(21)11-8-10(5-6-12(11)16)25(22,23)20(3)4/h5-6,8-9H,7H2,1-4H3,(H,17,19,21). The molecule has 2 aromatic rings. The molecule has 0 aliphatic heterocycles. The Kier molecular flexibility index (Phi) is 6.15. The van der Waals surface area contributed by atoms with Gasteiger partial charge in [-0.1, -0.05) is 36.8 Å². The second-order valence-corrected chi connectivity index (χ2v) is 9.60. The zero-order valence-electron chi connectivity index (χ0n) is 14.3. The van der Waals surface area contributed by atoms with Crippen LogP contribution < -0.4 is 5.32 Å². The molecule has 2 rings (SSSR count). The van der Waals surface area contributed by atoms with Crippen molar-refractivity contribution in [1.29, 1.82) is 0 Å². The summed E-state index contributed by atoms with van der Waals surface area (Å²) in [5, 5.41) is 11.9. The number of nitrogens with one attached hydrogen (secondary N) is 1. The van der Waals surface area contributed by atoms with Crippen molar-refractivity contribution in [1.82, 2.24) is 14.5 Å². The molecule has 0 spiro atoms. The molecule has 0 unspecified atom stereocenters. The molecule has 1 N–H and O–H groups in total. The van der Waals surface area contributed by atoms with Gasteiger partial charge in [0.1, 0.15) is 5.01 Å². The number of rotatable bonds is 6. The number of hydrogen-bond acceptors (Lipinski definition) is 6. The molecule has 10 heteroatoms. The van der Waals surface area contributed by atoms with Crippen LogP contribution in [-0.4, -0.2) is 42.9 Å². The average molecular weight is 403 g/mol. The zero-order valence-corrected chi connectivity index (χ0v) is 16.7. The first-order valence-electron chi connectivity index (χ1n) is 7.47. The lowest BCUT2D eigenvalue weighted by Gasteiger charge is -2.12. The fraction of sp³-hybridized carbons (Fsp3) is 0.400. The third kappa shape index (κ3) is 4.75. The lowest BCUT2D eigenvalue weighted by atomic mass is 10.1. The zero-order chi connectivity index (χ0) is 18.8. The number of anilines is 1. The van der Waals surface area contributed by atoms with Crippen LogP contribution in [-0.2, 0) is 16.4 Å². The molecule has 0 aliphatic carbocycles. The van der Waals surface area contributed by atoms with Gasteiger partial charge in [-0.2, -0.15) is 0 Å². The molecular weight excluding hydrogens is 384 g/mol. The van der Waals surface area contributed by atoms with Crippen LogP contribution in [0.5, 0.6) is 0 Å². The summed E-state index contributed by atoms with van der Waals surface area (Å²) < 4.78 is 25.5. The van der Waals surface area contributed by atoms with Gasteiger partial charge in [-0.3, -0.25) is 10.1 Å². The van der Waals surface area contributed by atoms with Gasteiger partial charge in [0.25, 0.3) is 5.91 Å². The van der Waals surface area contributed by atoms with Gasteiger partial charge < -0.3 is 0 Å². The first-order valence-corrected chi connectivity index (χ1v) is 10.1. The molecule has 25 heavy (non-hydrogen) atoms. The fourth-order valence-electron chi connectivity index (χ4n) is 1.95. The third-order valence-corrected chi connectivity index (χ3v) is 6.23. The Labute approximate surface area is 156 Å². The van der Waals surface area contributed by atoms with E-state index in [2.05, 4.69) is 29.4 Å². The molecular formula is C15H19ClN4O3S2. The van der Waals surface area contributed by atoms with E-state index in [1.807, 2.05) is 0 Å². The molecule has 1 amide bonds. The Bertz CT molecular complexity index is 879. The van der Waals surface area contributed by atoms with Gasteiger partial charge in [0.15, 0.2) is 0 Å². The smallest absolute Gasteiger partial charge is 0.259 e. The maximum Gasteiger partial charge on any atom is 0.259 e. The third-order valence-electron chi connectivity index (χ3n) is 3.23. The first kappa shape index (κ1) is 19.8. The maximum absolute atomic E-state index is 12.5. The van der Waals surface area contributed by atoms with Gasteiger partial charge in [-0.25, -0.2) is 12.7 Å². The second kappa shape index (κ2) is 7.77. The molecule has 0 aliphatic rings. The summed E-state index contributed by atoms with van der Waals surface area (Å²) in [6.07, 6.45) is 0.769. The van der Waals surface area contributed by atoms with Crippen molar-refractivity contribution < 1.29 is 13.2 Å². The summed E-state index contributed by atoms with van der Waals surface area (Å²) in [5.74, 6) is -0.105. The summed E-state index contributed by atoms with van der Waals surface area (Å²) in [5.41, 5.74) is 0.0604. The van der Waals surface area contributed by atoms with Gasteiger partial charge in [-0.05, 0) is 24.1 Å². The lowest BCUT2D eigenvalue weighted by Crippen LogP contribution is -2.23. The average Bonchev–Trinajstić information content (AvgIpc) is 2.93. The Hall–Kier alpha value is -1.55. The molecule has 136 valence electrons. The SMILES string of the molecule is CC(C)Cc1nnc(NC(=O)c2cc(S(=O)(=O)N(C)C)ccc2Cl)s1. The van der Waals surface area contributed by atoms with Crippen molar-refractivity contribution in [2.45, 2.75) is 25.2 Å². The minimum Gasteiger partial charge on any atom is -0.296 e. The summed E-state index contributed by atoms with van der Waals surface area (Å²) in [4.78, 5) is 12.4. The van der Waals surface area contributed by atoms with Crippen molar-refractivity contribution in [3.05, 3.63) is 33.8 Å². The summed E-state index contributed by atoms with van der Waals surface area (Å²) in [6.45, 7) is 4.13. The van der Waals surface area contributed by atoms with Crippen molar-refractivity contribution in [2.75, 3.05) is 19.4 Å². The molecule has 1 heterocycles. The molecule has 0 saturated carbocycles. The van der Waals surface area contributed by atoms with E-state index >= 15 is 0 Å². The predicted molar refractivity (Wildman–Crippen MR) is 98.7 cm³/mol. The Morgan fingerprint density at radius 3 is 2.60 bits per heavy atom. The number of hydrogen-bond donors (Lipinski definition) is 1. The van der Waals surface area contributed by atoms with Crippen LogP contribution in [0.2, 0.25) is 5.02 Å². The minimum atomic E-state index is -3.66. The van der Waals surface area contributed by atoms with Crippen molar-refractivity contribution in [3.63, 3.8) is 0 Å². The van der Waals surface area contributed by atoms with E-state index in [1.165, 1.54) is 43.6 Å². The van der Waals surface area contributed by atoms with E-state index in [1.54, 1.807) is 0 Å². The highest BCUT2D eigenvalue weighted by Gasteiger charge is 2.21. The van der Waals surface area contributed by atoms with Crippen LogP contribution in [0.3, 0.4) is 0 Å². The van der Waals surface area contributed by atoms with E-state index < -0.39 is 15.9 Å². The number of nitrogens with zero attached hydrogens (tertiary/aromatic N) is 3. The summed E-state index contributed by atoms with van der Waals surface area (Å²) >= 11 is 7.34. The summed E-state index contributed by atoms with van der Waals surface area (Å²) in [6, 6.07) is 4.00. The molecule has 7 nitrogen and oxygen atoms in total. The Morgan fingerprint density at radius 1 is 1.32 bits per heavy atom. The van der Waals surface area contributed by atoms with Gasteiger partial charge in [0, 0.05) is 20.5 Å². The number of halogens is 1. The fourth-order valence-corrected chi connectivity index (χ4v) is 4.03. The van der Waals surface area contributed by atoms with Crippen LogP contribution in [0.15, 0.2) is 23.1 Å². The van der Waals surface area contributed by atoms with Gasteiger partial charge in [0.05, 0.1) is 15.5 Å². The molecule has 1 aromatic heterocycles. The van der Waals surface area contributed by atoms with E-state index in [9.17, 15) is 13.2 Å². The molecule has 0 radical (unpaired) electrons.